The summed E-state index contributed by atoms with van der Waals surface area (Å²) in [6, 6.07) is 26.2. The number of likely N-dealkylation sites (N-methyl/N-ethyl adjacent to an activating group) is 1. The minimum absolute atomic E-state index is 0.0713. The Morgan fingerprint density at radius 3 is 1.72 bits per heavy atom. The molecule has 3 aromatic rings. The van der Waals surface area contributed by atoms with Crippen LogP contribution >= 0.6 is 0 Å². The Morgan fingerprint density at radius 2 is 1.22 bits per heavy atom. The first-order valence-electron chi connectivity index (χ1n) is 15.8. The highest BCUT2D eigenvalue weighted by Gasteiger charge is 2.49. The lowest BCUT2D eigenvalue weighted by Gasteiger charge is -2.40. The standard InChI is InChI=1S/C37H45N3O6/c1-36(2,3)46-35(44)39-30(24-27-16-8-5-9-17-27)32(41)40(4)37(22-14-15-23-37)34(43)38-31(25-28-18-10-6-11-19-28)33(42)45-26-29-20-12-7-13-21-29/h5-13,16-21,30-31H,14-15,22-26H2,1-4H3,(H,38,43)(H,39,44)/t30-,31+/m0/s1. The van der Waals surface area contributed by atoms with E-state index >= 15 is 0 Å². The molecule has 0 aliphatic heterocycles. The van der Waals surface area contributed by atoms with E-state index in [1.807, 2.05) is 91.0 Å². The maximum Gasteiger partial charge on any atom is 0.408 e. The van der Waals surface area contributed by atoms with Gasteiger partial charge in [0.05, 0.1) is 0 Å². The largest absolute Gasteiger partial charge is 0.459 e. The highest BCUT2D eigenvalue weighted by molar-refractivity contribution is 5.96. The number of nitrogens with zero attached hydrogens (tertiary/aromatic N) is 1. The van der Waals surface area contributed by atoms with Crippen LogP contribution in [0, 0.1) is 0 Å². The number of carbonyl (C=O) groups excluding carboxylic acids is 4. The first kappa shape index (κ1) is 34.2. The molecule has 0 unspecified atom stereocenters. The van der Waals surface area contributed by atoms with Gasteiger partial charge in [-0.3, -0.25) is 9.59 Å². The fourth-order valence-corrected chi connectivity index (χ4v) is 5.78. The molecule has 0 radical (unpaired) electrons. The van der Waals surface area contributed by atoms with E-state index in [9.17, 15) is 19.2 Å². The van der Waals surface area contributed by atoms with E-state index in [2.05, 4.69) is 10.6 Å². The number of alkyl carbamates (subject to hydrolysis) is 1. The number of benzene rings is 3. The van der Waals surface area contributed by atoms with Crippen LogP contribution in [0.25, 0.3) is 0 Å². The predicted molar refractivity (Wildman–Crippen MR) is 176 cm³/mol. The minimum Gasteiger partial charge on any atom is -0.459 e. The van der Waals surface area contributed by atoms with Crippen molar-refractivity contribution in [3.05, 3.63) is 108 Å². The smallest absolute Gasteiger partial charge is 0.408 e. The summed E-state index contributed by atoms with van der Waals surface area (Å²) in [6.07, 6.45) is 2.02. The van der Waals surface area contributed by atoms with Gasteiger partial charge in [0, 0.05) is 19.9 Å². The van der Waals surface area contributed by atoms with Crippen LogP contribution in [0.4, 0.5) is 4.79 Å². The molecule has 0 heterocycles. The molecule has 3 amide bonds. The highest BCUT2D eigenvalue weighted by Crippen LogP contribution is 2.36. The van der Waals surface area contributed by atoms with Crippen molar-refractivity contribution in [3.8, 4) is 0 Å². The van der Waals surface area contributed by atoms with E-state index in [1.54, 1.807) is 27.8 Å². The molecule has 9 heteroatoms. The third kappa shape index (κ3) is 9.42. The van der Waals surface area contributed by atoms with Crippen molar-refractivity contribution < 1.29 is 28.7 Å². The lowest BCUT2D eigenvalue weighted by Crippen LogP contribution is -2.63. The summed E-state index contributed by atoms with van der Waals surface area (Å²) in [5.74, 6) is -1.40. The van der Waals surface area contributed by atoms with E-state index < -0.39 is 47.1 Å². The van der Waals surface area contributed by atoms with Gasteiger partial charge in [0.2, 0.25) is 11.8 Å². The van der Waals surface area contributed by atoms with Crippen LogP contribution in [0.3, 0.4) is 0 Å². The summed E-state index contributed by atoms with van der Waals surface area (Å²) in [6.45, 7) is 5.33. The van der Waals surface area contributed by atoms with Gasteiger partial charge >= 0.3 is 12.1 Å². The van der Waals surface area contributed by atoms with Crippen LogP contribution in [0.1, 0.15) is 63.1 Å². The highest BCUT2D eigenvalue weighted by atomic mass is 16.6. The number of hydrogen-bond donors (Lipinski definition) is 2. The average molecular weight is 628 g/mol. The summed E-state index contributed by atoms with van der Waals surface area (Å²) in [4.78, 5) is 56.2. The Labute approximate surface area is 271 Å². The Kier molecular flexibility index (Phi) is 11.6. The van der Waals surface area contributed by atoms with Gasteiger partial charge in [0.15, 0.2) is 0 Å². The number of nitrogens with one attached hydrogen (secondary N) is 2. The molecule has 1 aliphatic carbocycles. The van der Waals surface area contributed by atoms with E-state index in [0.29, 0.717) is 12.8 Å². The van der Waals surface area contributed by atoms with Gasteiger partial charge in [0.1, 0.15) is 29.8 Å². The quantitative estimate of drug-likeness (QED) is 0.261. The van der Waals surface area contributed by atoms with E-state index in [1.165, 1.54) is 4.90 Å². The Hall–Kier alpha value is -4.66. The fourth-order valence-electron chi connectivity index (χ4n) is 5.78. The fraction of sp³-hybridized carbons (Fsp3) is 0.405. The first-order valence-corrected chi connectivity index (χ1v) is 15.8. The maximum atomic E-state index is 14.3. The van der Waals surface area contributed by atoms with Gasteiger partial charge in [-0.05, 0) is 50.3 Å². The second kappa shape index (κ2) is 15.6. The molecule has 3 aromatic carbocycles. The third-order valence-corrected chi connectivity index (χ3v) is 8.19. The van der Waals surface area contributed by atoms with Gasteiger partial charge in [-0.2, -0.15) is 0 Å². The molecular weight excluding hydrogens is 582 g/mol. The molecule has 4 rings (SSSR count). The molecule has 1 fully saturated rings. The molecule has 0 aromatic heterocycles. The number of rotatable bonds is 12. The summed E-state index contributed by atoms with van der Waals surface area (Å²) in [5, 5.41) is 5.71. The summed E-state index contributed by atoms with van der Waals surface area (Å²) in [5.41, 5.74) is 0.570. The molecule has 46 heavy (non-hydrogen) atoms. The van der Waals surface area contributed by atoms with Crippen LogP contribution in [0.15, 0.2) is 91.0 Å². The normalized spacial score (nSPS) is 15.2. The van der Waals surface area contributed by atoms with Crippen LogP contribution in [0.5, 0.6) is 0 Å². The topological polar surface area (TPSA) is 114 Å². The van der Waals surface area contributed by atoms with Gasteiger partial charge < -0.3 is 25.0 Å². The first-order chi connectivity index (χ1) is 22.0. The van der Waals surface area contributed by atoms with Gasteiger partial charge in [-0.1, -0.05) is 104 Å². The SMILES string of the molecule is CN(C(=O)[C@H](Cc1ccccc1)NC(=O)OC(C)(C)C)C1(C(=O)N[C@H](Cc2ccccc2)C(=O)OCc2ccccc2)CCCC1. The van der Waals surface area contributed by atoms with E-state index in [4.69, 9.17) is 9.47 Å². The monoisotopic (exact) mass is 627 g/mol. The molecule has 2 atom stereocenters. The van der Waals surface area contributed by atoms with Crippen LogP contribution in [-0.4, -0.2) is 59.0 Å². The molecule has 1 saturated carbocycles. The lowest BCUT2D eigenvalue weighted by molar-refractivity contribution is -0.152. The van der Waals surface area contributed by atoms with Crippen molar-refractivity contribution in [1.82, 2.24) is 15.5 Å². The molecule has 9 nitrogen and oxygen atoms in total. The molecule has 2 N–H and O–H groups in total. The number of ether oxygens (including phenoxy) is 2. The van der Waals surface area contributed by atoms with Crippen molar-refractivity contribution in [2.24, 2.45) is 0 Å². The number of amides is 3. The molecule has 0 bridgehead atoms. The Balaban J connectivity index is 1.56. The zero-order valence-electron chi connectivity index (χ0n) is 27.2. The van der Waals surface area contributed by atoms with Gasteiger partial charge in [-0.25, -0.2) is 9.59 Å². The zero-order chi connectivity index (χ0) is 33.2. The van der Waals surface area contributed by atoms with Crippen LogP contribution in [-0.2, 0) is 43.3 Å². The Bertz CT molecular complexity index is 1450. The second-order valence-electron chi connectivity index (χ2n) is 12.8. The van der Waals surface area contributed by atoms with Crippen molar-refractivity contribution in [2.45, 2.75) is 89.1 Å². The van der Waals surface area contributed by atoms with Crippen molar-refractivity contribution in [2.75, 3.05) is 7.05 Å². The number of carbonyl (C=O) groups is 4. The molecule has 244 valence electrons. The minimum atomic E-state index is -1.21. The third-order valence-electron chi connectivity index (χ3n) is 8.19. The molecule has 0 saturated heterocycles. The summed E-state index contributed by atoms with van der Waals surface area (Å²) < 4.78 is 11.1. The van der Waals surface area contributed by atoms with Gasteiger partial charge in [-0.15, -0.1) is 0 Å². The van der Waals surface area contributed by atoms with E-state index in [0.717, 1.165) is 29.5 Å². The Morgan fingerprint density at radius 1 is 0.739 bits per heavy atom. The predicted octanol–water partition coefficient (Wildman–Crippen LogP) is 5.36. The number of esters is 1. The van der Waals surface area contributed by atoms with E-state index in [-0.39, 0.29) is 19.4 Å². The average Bonchev–Trinajstić information content (AvgIpc) is 3.54. The van der Waals surface area contributed by atoms with Crippen LogP contribution < -0.4 is 10.6 Å². The molecule has 1 aliphatic rings. The molecular formula is C37H45N3O6. The molecule has 0 spiro atoms. The summed E-state index contributed by atoms with van der Waals surface area (Å²) >= 11 is 0. The van der Waals surface area contributed by atoms with Crippen molar-refractivity contribution in [1.29, 1.82) is 0 Å². The lowest BCUT2D eigenvalue weighted by atomic mass is 9.91. The van der Waals surface area contributed by atoms with Crippen molar-refractivity contribution in [3.63, 3.8) is 0 Å². The second-order valence-corrected chi connectivity index (χ2v) is 12.8. The number of hydrogen-bond acceptors (Lipinski definition) is 6. The maximum absolute atomic E-state index is 14.3. The summed E-state index contributed by atoms with van der Waals surface area (Å²) in [7, 11) is 1.60. The zero-order valence-corrected chi connectivity index (χ0v) is 27.2. The van der Waals surface area contributed by atoms with Gasteiger partial charge in [0.25, 0.3) is 0 Å². The van der Waals surface area contributed by atoms with Crippen LogP contribution in [0.2, 0.25) is 0 Å². The van der Waals surface area contributed by atoms with Crippen molar-refractivity contribution >= 4 is 23.9 Å².